The SMILES string of the molecule is C[C@@H](Cc1ccccc1)NC[C@H](O)c1ccccc1. The first kappa shape index (κ1) is 13.8. The number of hydrogen-bond donors (Lipinski definition) is 2. The fraction of sp³-hybridized carbons (Fsp3) is 0.294. The van der Waals surface area contributed by atoms with E-state index in [0.29, 0.717) is 12.6 Å². The Labute approximate surface area is 115 Å². The first-order valence-corrected chi connectivity index (χ1v) is 6.76. The van der Waals surface area contributed by atoms with E-state index < -0.39 is 6.10 Å². The van der Waals surface area contributed by atoms with Gasteiger partial charge in [0, 0.05) is 12.6 Å². The lowest BCUT2D eigenvalue weighted by atomic mass is 10.1. The molecule has 0 spiro atoms. The third kappa shape index (κ3) is 4.51. The van der Waals surface area contributed by atoms with Crippen molar-refractivity contribution in [3.8, 4) is 0 Å². The zero-order chi connectivity index (χ0) is 13.5. The number of nitrogens with one attached hydrogen (secondary N) is 1. The standard InChI is InChI=1S/C17H21NO/c1-14(12-15-8-4-2-5-9-15)18-13-17(19)16-10-6-3-7-11-16/h2-11,14,17-19H,12-13H2,1H3/t14-,17-/m0/s1. The van der Waals surface area contributed by atoms with Gasteiger partial charge in [-0.05, 0) is 24.5 Å². The molecule has 19 heavy (non-hydrogen) atoms. The topological polar surface area (TPSA) is 32.3 Å². The van der Waals surface area contributed by atoms with Gasteiger partial charge in [-0.2, -0.15) is 0 Å². The summed E-state index contributed by atoms with van der Waals surface area (Å²) < 4.78 is 0. The molecule has 0 bridgehead atoms. The molecule has 2 heteroatoms. The molecule has 0 saturated heterocycles. The molecular formula is C17H21NO. The van der Waals surface area contributed by atoms with Crippen LogP contribution in [-0.2, 0) is 6.42 Å². The van der Waals surface area contributed by atoms with Crippen LogP contribution < -0.4 is 5.32 Å². The lowest BCUT2D eigenvalue weighted by Gasteiger charge is -2.17. The summed E-state index contributed by atoms with van der Waals surface area (Å²) in [5.41, 5.74) is 2.28. The molecule has 0 aromatic heterocycles. The van der Waals surface area contributed by atoms with Gasteiger partial charge in [-0.3, -0.25) is 0 Å². The fourth-order valence-corrected chi connectivity index (χ4v) is 2.15. The lowest BCUT2D eigenvalue weighted by molar-refractivity contribution is 0.170. The van der Waals surface area contributed by atoms with Crippen molar-refractivity contribution in [2.45, 2.75) is 25.5 Å². The van der Waals surface area contributed by atoms with Gasteiger partial charge in [0.15, 0.2) is 0 Å². The summed E-state index contributed by atoms with van der Waals surface area (Å²) in [6.45, 7) is 2.72. The van der Waals surface area contributed by atoms with E-state index in [4.69, 9.17) is 0 Å². The maximum absolute atomic E-state index is 10.1. The van der Waals surface area contributed by atoms with Crippen molar-refractivity contribution in [2.24, 2.45) is 0 Å². The van der Waals surface area contributed by atoms with Gasteiger partial charge < -0.3 is 10.4 Å². The van der Waals surface area contributed by atoms with E-state index in [1.165, 1.54) is 5.56 Å². The van der Waals surface area contributed by atoms with Crippen molar-refractivity contribution < 1.29 is 5.11 Å². The minimum atomic E-state index is -0.445. The van der Waals surface area contributed by atoms with E-state index in [-0.39, 0.29) is 0 Å². The van der Waals surface area contributed by atoms with Gasteiger partial charge in [0.25, 0.3) is 0 Å². The van der Waals surface area contributed by atoms with Gasteiger partial charge >= 0.3 is 0 Å². The van der Waals surface area contributed by atoms with Crippen molar-refractivity contribution in [3.05, 3.63) is 71.8 Å². The quantitative estimate of drug-likeness (QED) is 0.832. The Morgan fingerprint density at radius 3 is 2.16 bits per heavy atom. The van der Waals surface area contributed by atoms with Crippen LogP contribution >= 0.6 is 0 Å². The van der Waals surface area contributed by atoms with E-state index in [1.807, 2.05) is 36.4 Å². The summed E-state index contributed by atoms with van der Waals surface area (Å²) in [5, 5.41) is 13.5. The highest BCUT2D eigenvalue weighted by Crippen LogP contribution is 2.11. The third-order valence-corrected chi connectivity index (χ3v) is 3.23. The second-order valence-electron chi connectivity index (χ2n) is 4.93. The van der Waals surface area contributed by atoms with Gasteiger partial charge in [0.1, 0.15) is 0 Å². The summed E-state index contributed by atoms with van der Waals surface area (Å²) in [6.07, 6.45) is 0.530. The van der Waals surface area contributed by atoms with Crippen LogP contribution in [0.4, 0.5) is 0 Å². The summed E-state index contributed by atoms with van der Waals surface area (Å²) in [6, 6.07) is 20.5. The molecule has 0 heterocycles. The summed E-state index contributed by atoms with van der Waals surface area (Å²) >= 11 is 0. The normalized spacial score (nSPS) is 14.0. The Balaban J connectivity index is 1.79. The highest BCUT2D eigenvalue weighted by molar-refractivity contribution is 5.18. The van der Waals surface area contributed by atoms with Crippen LogP contribution in [0.15, 0.2) is 60.7 Å². The number of aliphatic hydroxyl groups is 1. The molecule has 2 N–H and O–H groups in total. The predicted molar refractivity (Wildman–Crippen MR) is 79.0 cm³/mol. The zero-order valence-corrected chi connectivity index (χ0v) is 11.3. The molecule has 0 fully saturated rings. The average molecular weight is 255 g/mol. The van der Waals surface area contributed by atoms with Crippen molar-refractivity contribution in [2.75, 3.05) is 6.54 Å². The largest absolute Gasteiger partial charge is 0.387 e. The summed E-state index contributed by atoms with van der Waals surface area (Å²) in [4.78, 5) is 0. The first-order chi connectivity index (χ1) is 9.25. The van der Waals surface area contributed by atoms with Crippen LogP contribution in [0, 0.1) is 0 Å². The van der Waals surface area contributed by atoms with Crippen LogP contribution in [0.25, 0.3) is 0 Å². The Morgan fingerprint density at radius 1 is 0.947 bits per heavy atom. The van der Waals surface area contributed by atoms with Crippen molar-refractivity contribution in [1.82, 2.24) is 5.32 Å². The second-order valence-corrected chi connectivity index (χ2v) is 4.93. The monoisotopic (exact) mass is 255 g/mol. The Kier molecular flexibility index (Phi) is 5.13. The minimum Gasteiger partial charge on any atom is -0.387 e. The number of rotatable bonds is 6. The van der Waals surface area contributed by atoms with Crippen molar-refractivity contribution >= 4 is 0 Å². The van der Waals surface area contributed by atoms with Gasteiger partial charge in [-0.1, -0.05) is 60.7 Å². The second kappa shape index (κ2) is 7.07. The molecule has 0 unspecified atom stereocenters. The number of aliphatic hydroxyl groups excluding tert-OH is 1. The van der Waals surface area contributed by atoms with E-state index in [9.17, 15) is 5.11 Å². The van der Waals surface area contributed by atoms with Crippen LogP contribution in [0.3, 0.4) is 0 Å². The Bertz CT molecular complexity index is 469. The van der Waals surface area contributed by atoms with E-state index in [1.54, 1.807) is 0 Å². The molecule has 0 aliphatic rings. The summed E-state index contributed by atoms with van der Waals surface area (Å²) in [5.74, 6) is 0. The lowest BCUT2D eigenvalue weighted by Crippen LogP contribution is -2.32. The molecule has 2 aromatic rings. The molecule has 0 aliphatic carbocycles. The molecule has 100 valence electrons. The molecule has 2 rings (SSSR count). The van der Waals surface area contributed by atoms with Crippen LogP contribution in [0.5, 0.6) is 0 Å². The van der Waals surface area contributed by atoms with Crippen LogP contribution in [0.1, 0.15) is 24.2 Å². The molecule has 2 nitrogen and oxygen atoms in total. The van der Waals surface area contributed by atoms with Gasteiger partial charge in [0.2, 0.25) is 0 Å². The number of benzene rings is 2. The fourth-order valence-electron chi connectivity index (χ4n) is 2.15. The Morgan fingerprint density at radius 2 is 1.53 bits per heavy atom. The van der Waals surface area contributed by atoms with E-state index in [2.05, 4.69) is 36.5 Å². The maximum Gasteiger partial charge on any atom is 0.0914 e. The maximum atomic E-state index is 10.1. The Hall–Kier alpha value is -1.64. The van der Waals surface area contributed by atoms with Crippen molar-refractivity contribution in [1.29, 1.82) is 0 Å². The molecule has 0 amide bonds. The molecule has 0 saturated carbocycles. The first-order valence-electron chi connectivity index (χ1n) is 6.76. The van der Waals surface area contributed by atoms with Gasteiger partial charge in [-0.25, -0.2) is 0 Å². The smallest absolute Gasteiger partial charge is 0.0914 e. The van der Waals surface area contributed by atoms with Gasteiger partial charge in [0.05, 0.1) is 6.10 Å². The zero-order valence-electron chi connectivity index (χ0n) is 11.3. The molecule has 2 aromatic carbocycles. The molecule has 0 aliphatic heterocycles. The van der Waals surface area contributed by atoms with Gasteiger partial charge in [-0.15, -0.1) is 0 Å². The highest BCUT2D eigenvalue weighted by atomic mass is 16.3. The molecule has 2 atom stereocenters. The average Bonchev–Trinajstić information content (AvgIpc) is 2.47. The highest BCUT2D eigenvalue weighted by Gasteiger charge is 2.09. The minimum absolute atomic E-state index is 0.348. The predicted octanol–water partition coefficient (Wildman–Crippen LogP) is 2.94. The van der Waals surface area contributed by atoms with Crippen LogP contribution in [-0.4, -0.2) is 17.7 Å². The third-order valence-electron chi connectivity index (χ3n) is 3.23. The van der Waals surface area contributed by atoms with Crippen molar-refractivity contribution in [3.63, 3.8) is 0 Å². The van der Waals surface area contributed by atoms with Crippen LogP contribution in [0.2, 0.25) is 0 Å². The summed E-state index contributed by atoms with van der Waals surface area (Å²) in [7, 11) is 0. The number of hydrogen-bond acceptors (Lipinski definition) is 2. The molecule has 0 radical (unpaired) electrons. The van der Waals surface area contributed by atoms with E-state index in [0.717, 1.165) is 12.0 Å². The molecular weight excluding hydrogens is 234 g/mol. The van der Waals surface area contributed by atoms with E-state index >= 15 is 0 Å².